The molecule has 0 radical (unpaired) electrons. The summed E-state index contributed by atoms with van der Waals surface area (Å²) < 4.78 is 14.5. The number of hydrogen-bond acceptors (Lipinski definition) is 3. The molecule has 16 heavy (non-hydrogen) atoms. The molecule has 1 aromatic heterocycles. The fourth-order valence-electron chi connectivity index (χ4n) is 1.40. The number of benzene rings is 1. The molecule has 0 aliphatic rings. The van der Waals surface area contributed by atoms with Crippen LogP contribution in [-0.2, 0) is 13.7 Å². The number of hydrogen-bond donors (Lipinski definition) is 1. The van der Waals surface area contributed by atoms with Crippen LogP contribution in [0.15, 0.2) is 18.2 Å². The van der Waals surface area contributed by atoms with Crippen LogP contribution in [0.5, 0.6) is 0 Å². The van der Waals surface area contributed by atoms with Gasteiger partial charge in [-0.3, -0.25) is 0 Å². The van der Waals surface area contributed by atoms with Crippen molar-refractivity contribution < 1.29 is 9.50 Å². The summed E-state index contributed by atoms with van der Waals surface area (Å²) in [5.41, 5.74) is 0.581. The van der Waals surface area contributed by atoms with Gasteiger partial charge < -0.3 is 9.67 Å². The van der Waals surface area contributed by atoms with Crippen LogP contribution in [0.3, 0.4) is 0 Å². The van der Waals surface area contributed by atoms with Crippen LogP contribution in [-0.4, -0.2) is 19.9 Å². The zero-order valence-corrected chi connectivity index (χ0v) is 9.24. The van der Waals surface area contributed by atoms with Crippen molar-refractivity contribution in [1.29, 1.82) is 0 Å². The van der Waals surface area contributed by atoms with E-state index in [1.54, 1.807) is 11.6 Å². The molecule has 0 atom stereocenters. The van der Waals surface area contributed by atoms with E-state index in [1.165, 1.54) is 18.2 Å². The highest BCUT2D eigenvalue weighted by molar-refractivity contribution is 6.33. The molecule has 0 bridgehead atoms. The Morgan fingerprint density at radius 2 is 2.19 bits per heavy atom. The summed E-state index contributed by atoms with van der Waals surface area (Å²) in [7, 11) is 1.71. The molecule has 0 aliphatic heterocycles. The molecule has 2 rings (SSSR count). The van der Waals surface area contributed by atoms with Crippen LogP contribution < -0.4 is 0 Å². The molecule has 0 aliphatic carbocycles. The molecular formula is C10H9ClFN3O. The second-order valence-electron chi connectivity index (χ2n) is 3.28. The first kappa shape index (κ1) is 11.0. The molecule has 2 aromatic rings. The molecule has 1 heterocycles. The first-order valence-electron chi connectivity index (χ1n) is 4.58. The van der Waals surface area contributed by atoms with Crippen molar-refractivity contribution in [2.24, 2.45) is 7.05 Å². The molecular weight excluding hydrogens is 233 g/mol. The Morgan fingerprint density at radius 1 is 1.44 bits per heavy atom. The van der Waals surface area contributed by atoms with Crippen LogP contribution in [0.25, 0.3) is 11.4 Å². The second-order valence-corrected chi connectivity index (χ2v) is 3.69. The fourth-order valence-corrected chi connectivity index (χ4v) is 1.66. The number of aliphatic hydroxyl groups excluding tert-OH is 1. The third-order valence-corrected chi connectivity index (χ3v) is 2.59. The van der Waals surface area contributed by atoms with Gasteiger partial charge in [0, 0.05) is 12.6 Å². The number of halogens is 2. The van der Waals surface area contributed by atoms with Crippen molar-refractivity contribution in [3.8, 4) is 11.4 Å². The molecule has 0 fully saturated rings. The zero-order valence-electron chi connectivity index (χ0n) is 8.48. The van der Waals surface area contributed by atoms with Crippen LogP contribution in [0, 0.1) is 5.82 Å². The highest BCUT2D eigenvalue weighted by Gasteiger charge is 2.13. The van der Waals surface area contributed by atoms with Crippen molar-refractivity contribution in [2.75, 3.05) is 0 Å². The summed E-state index contributed by atoms with van der Waals surface area (Å²) in [5, 5.41) is 16.9. The number of aromatic nitrogens is 3. The minimum atomic E-state index is -0.404. The minimum absolute atomic E-state index is 0.206. The molecule has 4 nitrogen and oxygen atoms in total. The summed E-state index contributed by atoms with van der Waals surface area (Å²) in [5.74, 6) is 0.516. The van der Waals surface area contributed by atoms with Gasteiger partial charge in [-0.2, -0.15) is 0 Å². The van der Waals surface area contributed by atoms with Crippen LogP contribution in [0.1, 0.15) is 5.82 Å². The maximum absolute atomic E-state index is 12.9. The van der Waals surface area contributed by atoms with Gasteiger partial charge in [-0.25, -0.2) is 4.39 Å². The van der Waals surface area contributed by atoms with Crippen molar-refractivity contribution in [3.63, 3.8) is 0 Å². The van der Waals surface area contributed by atoms with Crippen molar-refractivity contribution in [1.82, 2.24) is 14.8 Å². The third-order valence-electron chi connectivity index (χ3n) is 2.28. The topological polar surface area (TPSA) is 50.9 Å². The second kappa shape index (κ2) is 4.19. The maximum Gasteiger partial charge on any atom is 0.165 e. The Bertz CT molecular complexity index is 527. The van der Waals surface area contributed by atoms with E-state index in [-0.39, 0.29) is 11.6 Å². The summed E-state index contributed by atoms with van der Waals surface area (Å²) in [6, 6.07) is 4.04. The Morgan fingerprint density at radius 3 is 2.75 bits per heavy atom. The van der Waals surface area contributed by atoms with Gasteiger partial charge in [-0.15, -0.1) is 10.2 Å². The summed E-state index contributed by atoms with van der Waals surface area (Å²) in [4.78, 5) is 0. The summed E-state index contributed by atoms with van der Waals surface area (Å²) >= 11 is 5.90. The molecule has 0 unspecified atom stereocenters. The SMILES string of the molecule is Cn1c(CO)nnc1-c1ccc(F)cc1Cl. The highest BCUT2D eigenvalue weighted by atomic mass is 35.5. The van der Waals surface area contributed by atoms with Gasteiger partial charge >= 0.3 is 0 Å². The first-order valence-corrected chi connectivity index (χ1v) is 4.96. The highest BCUT2D eigenvalue weighted by Crippen LogP contribution is 2.26. The molecule has 1 aromatic carbocycles. The molecule has 0 saturated carbocycles. The van der Waals surface area contributed by atoms with E-state index < -0.39 is 5.82 Å². The normalized spacial score (nSPS) is 10.8. The summed E-state index contributed by atoms with van der Waals surface area (Å²) in [6.45, 7) is -0.206. The smallest absolute Gasteiger partial charge is 0.165 e. The van der Waals surface area contributed by atoms with Crippen molar-refractivity contribution >= 4 is 11.6 Å². The van der Waals surface area contributed by atoms with E-state index in [0.29, 0.717) is 17.2 Å². The Balaban J connectivity index is 2.54. The lowest BCUT2D eigenvalue weighted by Gasteiger charge is -2.04. The van der Waals surface area contributed by atoms with E-state index in [4.69, 9.17) is 16.7 Å². The lowest BCUT2D eigenvalue weighted by molar-refractivity contribution is 0.267. The average molecular weight is 242 g/mol. The molecule has 84 valence electrons. The predicted octanol–water partition coefficient (Wildman–Crippen LogP) is 1.77. The third kappa shape index (κ3) is 1.79. The predicted molar refractivity (Wildman–Crippen MR) is 57.3 cm³/mol. The van der Waals surface area contributed by atoms with Crippen LogP contribution in [0.2, 0.25) is 5.02 Å². The molecule has 1 N–H and O–H groups in total. The molecule has 0 saturated heterocycles. The Kier molecular flexibility index (Phi) is 2.89. The summed E-state index contributed by atoms with van der Waals surface area (Å²) in [6.07, 6.45) is 0. The van der Waals surface area contributed by atoms with Gasteiger partial charge in [0.2, 0.25) is 0 Å². The largest absolute Gasteiger partial charge is 0.388 e. The Hall–Kier alpha value is -1.46. The van der Waals surface area contributed by atoms with Gasteiger partial charge in [0.1, 0.15) is 12.4 Å². The Labute approximate surface area is 96.3 Å². The van der Waals surface area contributed by atoms with E-state index in [1.807, 2.05) is 0 Å². The fraction of sp³-hybridized carbons (Fsp3) is 0.200. The van der Waals surface area contributed by atoms with Gasteiger partial charge in [0.25, 0.3) is 0 Å². The van der Waals surface area contributed by atoms with Gasteiger partial charge in [0.15, 0.2) is 11.6 Å². The monoisotopic (exact) mass is 241 g/mol. The van der Waals surface area contributed by atoms with Crippen LogP contribution in [0.4, 0.5) is 4.39 Å². The average Bonchev–Trinajstić information content (AvgIpc) is 2.60. The van der Waals surface area contributed by atoms with Crippen LogP contribution >= 0.6 is 11.6 Å². The number of nitrogens with zero attached hydrogens (tertiary/aromatic N) is 3. The first-order chi connectivity index (χ1) is 7.63. The van der Waals surface area contributed by atoms with Crippen molar-refractivity contribution in [2.45, 2.75) is 6.61 Å². The van der Waals surface area contributed by atoms with E-state index in [9.17, 15) is 4.39 Å². The lowest BCUT2D eigenvalue weighted by Crippen LogP contribution is -1.99. The number of rotatable bonds is 2. The maximum atomic E-state index is 12.9. The molecule has 0 spiro atoms. The molecule has 0 amide bonds. The number of aliphatic hydroxyl groups is 1. The van der Waals surface area contributed by atoms with E-state index in [0.717, 1.165) is 0 Å². The standard InChI is InChI=1S/C10H9ClFN3O/c1-15-9(5-16)13-14-10(15)7-3-2-6(12)4-8(7)11/h2-4,16H,5H2,1H3. The van der Waals surface area contributed by atoms with Gasteiger partial charge in [-0.1, -0.05) is 11.6 Å². The van der Waals surface area contributed by atoms with Gasteiger partial charge in [-0.05, 0) is 18.2 Å². The quantitative estimate of drug-likeness (QED) is 0.872. The molecule has 6 heteroatoms. The minimum Gasteiger partial charge on any atom is -0.388 e. The lowest BCUT2D eigenvalue weighted by atomic mass is 10.2. The van der Waals surface area contributed by atoms with E-state index in [2.05, 4.69) is 10.2 Å². The van der Waals surface area contributed by atoms with Gasteiger partial charge in [0.05, 0.1) is 5.02 Å². The zero-order chi connectivity index (χ0) is 11.7. The van der Waals surface area contributed by atoms with E-state index >= 15 is 0 Å². The van der Waals surface area contributed by atoms with Crippen molar-refractivity contribution in [3.05, 3.63) is 34.9 Å².